The number of carbonyl (C=O) groups is 1. The summed E-state index contributed by atoms with van der Waals surface area (Å²) in [5, 5.41) is 8.31. The molecule has 0 aliphatic heterocycles. The van der Waals surface area contributed by atoms with Gasteiger partial charge in [-0.05, 0) is 12.3 Å². The predicted octanol–water partition coefficient (Wildman–Crippen LogP) is -0.208. The van der Waals surface area contributed by atoms with Crippen LogP contribution < -0.4 is 5.73 Å². The normalized spacial score (nSPS) is 13.0. The van der Waals surface area contributed by atoms with Gasteiger partial charge < -0.3 is 10.8 Å². The highest BCUT2D eigenvalue weighted by Gasteiger charge is 2.11. The molecule has 0 bridgehead atoms. The topological polar surface area (TPSA) is 138 Å². The van der Waals surface area contributed by atoms with Gasteiger partial charge in [0, 0.05) is 0 Å². The van der Waals surface area contributed by atoms with Crippen molar-refractivity contribution in [2.24, 2.45) is 11.7 Å². The van der Waals surface area contributed by atoms with Crippen molar-refractivity contribution < 1.29 is 27.4 Å². The van der Waals surface area contributed by atoms with Crippen molar-refractivity contribution in [3.63, 3.8) is 0 Å². The molecule has 0 aromatic rings. The number of hydrogen-bond donors (Lipinski definition) is 4. The molecule has 0 radical (unpaired) electrons. The Morgan fingerprint density at radius 3 is 1.71 bits per heavy atom. The van der Waals surface area contributed by atoms with Crippen LogP contribution in [-0.4, -0.2) is 34.6 Å². The van der Waals surface area contributed by atoms with Crippen LogP contribution in [0.1, 0.15) is 20.3 Å². The van der Waals surface area contributed by atoms with E-state index in [0.717, 1.165) is 0 Å². The molecule has 0 rings (SSSR count). The van der Waals surface area contributed by atoms with Crippen LogP contribution in [0.25, 0.3) is 0 Å². The van der Waals surface area contributed by atoms with E-state index in [1.54, 1.807) is 0 Å². The molecule has 0 saturated carbocycles. The predicted molar refractivity (Wildman–Crippen MR) is 49.2 cm³/mol. The Hall–Kier alpha value is -0.700. The first-order chi connectivity index (χ1) is 6.04. The lowest BCUT2D eigenvalue weighted by molar-refractivity contribution is -0.138. The van der Waals surface area contributed by atoms with E-state index in [4.69, 9.17) is 28.4 Å². The van der Waals surface area contributed by atoms with Gasteiger partial charge in [-0.25, -0.2) is 0 Å². The monoisotopic (exact) mass is 229 g/mol. The van der Waals surface area contributed by atoms with E-state index >= 15 is 0 Å². The second-order valence-electron chi connectivity index (χ2n) is 3.02. The SMILES string of the molecule is CC(C)C[C@H](N)C(=O)O.O=S(=O)(O)O. The number of carboxylic acids is 1. The lowest BCUT2D eigenvalue weighted by Gasteiger charge is -2.07. The Morgan fingerprint density at radius 2 is 1.64 bits per heavy atom. The van der Waals surface area contributed by atoms with Gasteiger partial charge in [-0.15, -0.1) is 0 Å². The van der Waals surface area contributed by atoms with Crippen LogP contribution in [0.15, 0.2) is 0 Å². The fraction of sp³-hybridized carbons (Fsp3) is 0.833. The quantitative estimate of drug-likeness (QED) is 0.491. The molecule has 0 aliphatic rings. The summed E-state index contributed by atoms with van der Waals surface area (Å²) in [6.07, 6.45) is 0.551. The first kappa shape index (κ1) is 15.8. The van der Waals surface area contributed by atoms with Gasteiger partial charge in [-0.3, -0.25) is 13.9 Å². The lowest BCUT2D eigenvalue weighted by atomic mass is 10.1. The van der Waals surface area contributed by atoms with Crippen molar-refractivity contribution in [2.45, 2.75) is 26.3 Å². The van der Waals surface area contributed by atoms with Crippen molar-refractivity contribution >= 4 is 16.4 Å². The van der Waals surface area contributed by atoms with E-state index in [1.807, 2.05) is 13.8 Å². The standard InChI is InChI=1S/C6H13NO2.H2O4S/c1-4(2)3-5(7)6(8)9;1-5(2,3)4/h4-5H,3,7H2,1-2H3,(H,8,9);(H2,1,2,3,4)/t5-;/m0./s1. The fourth-order valence-electron chi connectivity index (χ4n) is 0.609. The zero-order valence-corrected chi connectivity index (χ0v) is 8.73. The third kappa shape index (κ3) is 22.5. The summed E-state index contributed by atoms with van der Waals surface area (Å²) < 4.78 is 31.6. The summed E-state index contributed by atoms with van der Waals surface area (Å²) in [5.41, 5.74) is 5.22. The summed E-state index contributed by atoms with van der Waals surface area (Å²) in [4.78, 5) is 10.1. The highest BCUT2D eigenvalue weighted by molar-refractivity contribution is 7.79. The van der Waals surface area contributed by atoms with E-state index in [1.165, 1.54) is 0 Å². The number of hydrogen-bond acceptors (Lipinski definition) is 4. The highest BCUT2D eigenvalue weighted by Crippen LogP contribution is 2.01. The maximum absolute atomic E-state index is 10.1. The Balaban J connectivity index is 0. The maximum atomic E-state index is 10.1. The molecule has 5 N–H and O–H groups in total. The third-order valence-corrected chi connectivity index (χ3v) is 1.04. The van der Waals surface area contributed by atoms with Crippen LogP contribution in [0.2, 0.25) is 0 Å². The van der Waals surface area contributed by atoms with Gasteiger partial charge in [0.15, 0.2) is 0 Å². The minimum Gasteiger partial charge on any atom is -0.480 e. The highest BCUT2D eigenvalue weighted by atomic mass is 32.3. The van der Waals surface area contributed by atoms with Crippen molar-refractivity contribution in [1.29, 1.82) is 0 Å². The minimum absolute atomic E-state index is 0.357. The van der Waals surface area contributed by atoms with Gasteiger partial charge >= 0.3 is 16.4 Å². The van der Waals surface area contributed by atoms with Crippen molar-refractivity contribution in [1.82, 2.24) is 0 Å². The van der Waals surface area contributed by atoms with E-state index in [2.05, 4.69) is 0 Å². The van der Waals surface area contributed by atoms with Crippen LogP contribution in [0.4, 0.5) is 0 Å². The molecule has 7 nitrogen and oxygen atoms in total. The van der Waals surface area contributed by atoms with Crippen LogP contribution in [0, 0.1) is 5.92 Å². The molecule has 0 spiro atoms. The number of rotatable bonds is 3. The molecule has 1 atom stereocenters. The van der Waals surface area contributed by atoms with Gasteiger partial charge in [0.05, 0.1) is 0 Å². The second kappa shape index (κ2) is 6.71. The zero-order valence-electron chi connectivity index (χ0n) is 7.91. The Labute approximate surface area is 82.5 Å². The average Bonchev–Trinajstić information content (AvgIpc) is 1.80. The molecule has 0 saturated heterocycles. The molecule has 14 heavy (non-hydrogen) atoms. The molecule has 0 fully saturated rings. The van der Waals surface area contributed by atoms with E-state index in [0.29, 0.717) is 12.3 Å². The van der Waals surface area contributed by atoms with Gasteiger partial charge in [0.25, 0.3) is 0 Å². The fourth-order valence-corrected chi connectivity index (χ4v) is 0.609. The van der Waals surface area contributed by atoms with Crippen LogP contribution in [0.3, 0.4) is 0 Å². The molecule has 8 heteroatoms. The Bertz CT molecular complexity index is 251. The zero-order chi connectivity index (χ0) is 11.9. The lowest BCUT2D eigenvalue weighted by Crippen LogP contribution is -2.31. The Kier molecular flexibility index (Phi) is 7.55. The molecule has 86 valence electrons. The molecule has 0 aromatic heterocycles. The maximum Gasteiger partial charge on any atom is 0.394 e. The van der Waals surface area contributed by atoms with Crippen molar-refractivity contribution in [2.75, 3.05) is 0 Å². The van der Waals surface area contributed by atoms with Crippen LogP contribution in [-0.2, 0) is 15.2 Å². The number of carboxylic acid groups (broad SMARTS) is 1. The van der Waals surface area contributed by atoms with Gasteiger partial charge in [-0.1, -0.05) is 13.8 Å². The van der Waals surface area contributed by atoms with Gasteiger partial charge in [0.1, 0.15) is 6.04 Å². The summed E-state index contributed by atoms with van der Waals surface area (Å²) in [7, 11) is -4.67. The smallest absolute Gasteiger partial charge is 0.394 e. The number of aliphatic carboxylic acids is 1. The van der Waals surface area contributed by atoms with E-state index in [-0.39, 0.29) is 0 Å². The molecular weight excluding hydrogens is 214 g/mol. The average molecular weight is 229 g/mol. The summed E-state index contributed by atoms with van der Waals surface area (Å²) >= 11 is 0. The first-order valence-electron chi connectivity index (χ1n) is 3.72. The molecular formula is C6H15NO6S. The van der Waals surface area contributed by atoms with Gasteiger partial charge in [0.2, 0.25) is 0 Å². The molecule has 0 heterocycles. The summed E-state index contributed by atoms with van der Waals surface area (Å²) in [5.74, 6) is -0.556. The molecule has 0 aromatic carbocycles. The first-order valence-corrected chi connectivity index (χ1v) is 5.12. The summed E-state index contributed by atoms with van der Waals surface area (Å²) in [6, 6.07) is -0.690. The third-order valence-electron chi connectivity index (χ3n) is 1.04. The van der Waals surface area contributed by atoms with Crippen LogP contribution >= 0.6 is 0 Å². The largest absolute Gasteiger partial charge is 0.480 e. The molecule has 0 amide bonds. The molecule has 0 unspecified atom stereocenters. The van der Waals surface area contributed by atoms with Gasteiger partial charge in [-0.2, -0.15) is 8.42 Å². The Morgan fingerprint density at radius 1 is 1.36 bits per heavy atom. The van der Waals surface area contributed by atoms with Crippen molar-refractivity contribution in [3.8, 4) is 0 Å². The second-order valence-corrected chi connectivity index (χ2v) is 3.92. The van der Waals surface area contributed by atoms with E-state index in [9.17, 15) is 4.79 Å². The van der Waals surface area contributed by atoms with E-state index < -0.39 is 22.4 Å². The summed E-state index contributed by atoms with van der Waals surface area (Å²) in [6.45, 7) is 3.89. The van der Waals surface area contributed by atoms with Crippen molar-refractivity contribution in [3.05, 3.63) is 0 Å². The van der Waals surface area contributed by atoms with Crippen LogP contribution in [0.5, 0.6) is 0 Å². The number of nitrogens with two attached hydrogens (primary N) is 1. The molecule has 0 aliphatic carbocycles. The minimum atomic E-state index is -4.67.